The van der Waals surface area contributed by atoms with E-state index in [0.717, 1.165) is 24.1 Å². The highest BCUT2D eigenvalue weighted by Gasteiger charge is 2.08. The van der Waals surface area contributed by atoms with Crippen molar-refractivity contribution in [3.05, 3.63) is 59.4 Å². The Morgan fingerprint density at radius 3 is 2.93 bits per heavy atom. The highest BCUT2D eigenvalue weighted by molar-refractivity contribution is 5.79. The normalized spacial score (nSPS) is 11.6. The summed E-state index contributed by atoms with van der Waals surface area (Å²) in [5.74, 6) is 2.25. The van der Waals surface area contributed by atoms with Gasteiger partial charge in [-0.1, -0.05) is 6.07 Å². The molecule has 0 aliphatic carbocycles. The van der Waals surface area contributed by atoms with Gasteiger partial charge < -0.3 is 15.1 Å². The minimum absolute atomic E-state index is 0.208. The minimum atomic E-state index is -0.208. The molecule has 2 aromatic heterocycles. The molecule has 0 unspecified atom stereocenters. The van der Waals surface area contributed by atoms with Crippen molar-refractivity contribution >= 4 is 5.96 Å². The smallest absolute Gasteiger partial charge is 0.216 e. The summed E-state index contributed by atoms with van der Waals surface area (Å²) in [6, 6.07) is 8.46. The average Bonchev–Trinajstić information content (AvgIpc) is 3.33. The van der Waals surface area contributed by atoms with Gasteiger partial charge in [-0.05, 0) is 55.7 Å². The summed E-state index contributed by atoms with van der Waals surface area (Å²) in [6.45, 7) is 5.71. The molecule has 0 bridgehead atoms. The Kier molecular flexibility index (Phi) is 6.19. The quantitative estimate of drug-likeness (QED) is 0.439. The molecule has 0 amide bonds. The number of nitrogens with one attached hydrogen (secondary N) is 3. The van der Waals surface area contributed by atoms with Crippen LogP contribution in [0.15, 0.2) is 46.0 Å². The number of aliphatic imine (C=N–C) groups is 1. The van der Waals surface area contributed by atoms with Crippen LogP contribution in [0.25, 0.3) is 11.6 Å². The van der Waals surface area contributed by atoms with E-state index in [1.54, 1.807) is 24.5 Å². The van der Waals surface area contributed by atoms with Gasteiger partial charge in [0.15, 0.2) is 11.7 Å². The number of nitrogens with zero attached hydrogens (tertiary/aromatic N) is 3. The number of halogens is 1. The van der Waals surface area contributed by atoms with Gasteiger partial charge in [0.2, 0.25) is 5.82 Å². The van der Waals surface area contributed by atoms with Crippen LogP contribution >= 0.6 is 0 Å². The minimum Gasteiger partial charge on any atom is -0.461 e. The van der Waals surface area contributed by atoms with Gasteiger partial charge in [0.05, 0.1) is 6.26 Å². The molecule has 3 N–H and O–H groups in total. The van der Waals surface area contributed by atoms with E-state index in [2.05, 4.69) is 30.8 Å². The number of aromatic amines is 1. The molecule has 0 saturated carbocycles. The topological polar surface area (TPSA) is 91.1 Å². The first-order valence-corrected chi connectivity index (χ1v) is 8.88. The maximum absolute atomic E-state index is 13.2. The molecule has 142 valence electrons. The summed E-state index contributed by atoms with van der Waals surface area (Å²) in [4.78, 5) is 8.89. The van der Waals surface area contributed by atoms with Crippen LogP contribution in [0.2, 0.25) is 0 Å². The summed E-state index contributed by atoms with van der Waals surface area (Å²) < 4.78 is 18.5. The summed E-state index contributed by atoms with van der Waals surface area (Å²) >= 11 is 0. The third-order valence-corrected chi connectivity index (χ3v) is 4.00. The molecule has 3 rings (SSSR count). The third-order valence-electron chi connectivity index (χ3n) is 4.00. The van der Waals surface area contributed by atoms with Crippen molar-refractivity contribution in [2.45, 2.75) is 26.8 Å². The largest absolute Gasteiger partial charge is 0.461 e. The Morgan fingerprint density at radius 1 is 1.30 bits per heavy atom. The lowest BCUT2D eigenvalue weighted by atomic mass is 10.1. The van der Waals surface area contributed by atoms with E-state index in [1.807, 2.05) is 19.9 Å². The second-order valence-corrected chi connectivity index (χ2v) is 6.03. The fraction of sp³-hybridized carbons (Fsp3) is 0.316. The molecule has 0 aliphatic rings. The first kappa shape index (κ1) is 18.6. The zero-order chi connectivity index (χ0) is 19.1. The Hall–Kier alpha value is -3.16. The Bertz CT molecular complexity index is 888. The van der Waals surface area contributed by atoms with Gasteiger partial charge in [0.1, 0.15) is 18.2 Å². The lowest BCUT2D eigenvalue weighted by molar-refractivity contribution is 0.577. The summed E-state index contributed by atoms with van der Waals surface area (Å²) in [6.07, 6.45) is 2.36. The van der Waals surface area contributed by atoms with Crippen molar-refractivity contribution in [2.24, 2.45) is 4.99 Å². The van der Waals surface area contributed by atoms with Crippen molar-refractivity contribution in [2.75, 3.05) is 13.1 Å². The van der Waals surface area contributed by atoms with Gasteiger partial charge in [-0.25, -0.2) is 14.4 Å². The van der Waals surface area contributed by atoms with Crippen molar-refractivity contribution in [3.63, 3.8) is 0 Å². The maximum Gasteiger partial charge on any atom is 0.216 e. The Labute approximate surface area is 157 Å². The van der Waals surface area contributed by atoms with Crippen LogP contribution in [-0.2, 0) is 13.0 Å². The Morgan fingerprint density at radius 2 is 2.19 bits per heavy atom. The summed E-state index contributed by atoms with van der Waals surface area (Å²) in [5, 5.41) is 13.5. The lowest BCUT2D eigenvalue weighted by Crippen LogP contribution is -2.38. The van der Waals surface area contributed by atoms with Crippen LogP contribution in [0.5, 0.6) is 0 Å². The molecule has 1 aromatic carbocycles. The second-order valence-electron chi connectivity index (χ2n) is 6.03. The van der Waals surface area contributed by atoms with Crippen LogP contribution in [-0.4, -0.2) is 34.2 Å². The van der Waals surface area contributed by atoms with Crippen molar-refractivity contribution < 1.29 is 8.81 Å². The van der Waals surface area contributed by atoms with E-state index < -0.39 is 0 Å². The SMILES string of the molecule is CCNC(=NCc1nc(-c2ccco2)n[nH]1)NCCc1ccc(F)cc1C. The Balaban J connectivity index is 1.56. The number of rotatable bonds is 7. The summed E-state index contributed by atoms with van der Waals surface area (Å²) in [7, 11) is 0. The molecule has 0 radical (unpaired) electrons. The molecule has 0 atom stereocenters. The molecule has 2 heterocycles. The first-order chi connectivity index (χ1) is 13.2. The maximum atomic E-state index is 13.2. The number of hydrogen-bond donors (Lipinski definition) is 3. The van der Waals surface area contributed by atoms with Gasteiger partial charge in [-0.3, -0.25) is 5.10 Å². The number of guanidine groups is 1. The average molecular weight is 370 g/mol. The molecule has 0 aliphatic heterocycles. The van der Waals surface area contributed by atoms with Crippen LogP contribution in [0.1, 0.15) is 23.9 Å². The predicted octanol–water partition coefficient (Wildman–Crippen LogP) is 2.81. The second kappa shape index (κ2) is 8.98. The molecule has 3 aromatic rings. The van der Waals surface area contributed by atoms with Crippen LogP contribution in [0, 0.1) is 12.7 Å². The van der Waals surface area contributed by atoms with E-state index in [-0.39, 0.29) is 5.82 Å². The van der Waals surface area contributed by atoms with Crippen LogP contribution in [0.4, 0.5) is 4.39 Å². The van der Waals surface area contributed by atoms with Crippen molar-refractivity contribution in [1.29, 1.82) is 0 Å². The van der Waals surface area contributed by atoms with Crippen molar-refractivity contribution in [3.8, 4) is 11.6 Å². The number of hydrogen-bond acceptors (Lipinski definition) is 4. The molecule has 27 heavy (non-hydrogen) atoms. The zero-order valence-electron chi connectivity index (χ0n) is 15.4. The molecule has 8 heteroatoms. The molecular weight excluding hydrogens is 347 g/mol. The highest BCUT2D eigenvalue weighted by Crippen LogP contribution is 2.14. The van der Waals surface area contributed by atoms with E-state index in [0.29, 0.717) is 36.5 Å². The first-order valence-electron chi connectivity index (χ1n) is 8.88. The monoisotopic (exact) mass is 370 g/mol. The fourth-order valence-corrected chi connectivity index (χ4v) is 2.63. The molecule has 0 saturated heterocycles. The standard InChI is InChI=1S/C19H23FN6O/c1-3-21-19(22-9-8-14-6-7-15(20)11-13(14)2)23-12-17-24-18(26-25-17)16-5-4-10-27-16/h4-7,10-11H,3,8-9,12H2,1-2H3,(H2,21,22,23)(H,24,25,26). The number of aromatic nitrogens is 3. The number of furan rings is 1. The number of benzene rings is 1. The summed E-state index contributed by atoms with van der Waals surface area (Å²) in [5.41, 5.74) is 2.06. The molecule has 0 fully saturated rings. The van der Waals surface area contributed by atoms with Crippen molar-refractivity contribution in [1.82, 2.24) is 25.8 Å². The van der Waals surface area contributed by atoms with Gasteiger partial charge >= 0.3 is 0 Å². The molecular formula is C19H23FN6O. The predicted molar refractivity (Wildman–Crippen MR) is 102 cm³/mol. The van der Waals surface area contributed by atoms with Gasteiger partial charge in [-0.15, -0.1) is 5.10 Å². The highest BCUT2D eigenvalue weighted by atomic mass is 19.1. The van der Waals surface area contributed by atoms with E-state index in [9.17, 15) is 4.39 Å². The fourth-order valence-electron chi connectivity index (χ4n) is 2.63. The third kappa shape index (κ3) is 5.16. The van der Waals surface area contributed by atoms with E-state index >= 15 is 0 Å². The number of aryl methyl sites for hydroxylation is 1. The lowest BCUT2D eigenvalue weighted by Gasteiger charge is -2.12. The molecule has 0 spiro atoms. The van der Waals surface area contributed by atoms with Gasteiger partial charge in [-0.2, -0.15) is 0 Å². The van der Waals surface area contributed by atoms with E-state index in [4.69, 9.17) is 4.42 Å². The number of H-pyrrole nitrogens is 1. The van der Waals surface area contributed by atoms with Gasteiger partial charge in [0, 0.05) is 13.1 Å². The van der Waals surface area contributed by atoms with Gasteiger partial charge in [0.25, 0.3) is 0 Å². The van der Waals surface area contributed by atoms with E-state index in [1.165, 1.54) is 6.07 Å². The zero-order valence-corrected chi connectivity index (χ0v) is 15.4. The molecule has 7 nitrogen and oxygen atoms in total. The van der Waals surface area contributed by atoms with Crippen LogP contribution in [0.3, 0.4) is 0 Å². The van der Waals surface area contributed by atoms with Crippen LogP contribution < -0.4 is 10.6 Å².